The molecule has 0 fully saturated rings. The molecular formula is C28H31BrClN3O4S. The summed E-state index contributed by atoms with van der Waals surface area (Å²) in [5, 5.41) is 3.36. The first kappa shape index (κ1) is 29.7. The van der Waals surface area contributed by atoms with E-state index in [1.807, 2.05) is 37.3 Å². The molecule has 3 rings (SSSR count). The number of carbonyl (C=O) groups is 2. The lowest BCUT2D eigenvalue weighted by Gasteiger charge is -2.33. The van der Waals surface area contributed by atoms with Gasteiger partial charge in [-0.1, -0.05) is 89.1 Å². The number of amides is 2. The van der Waals surface area contributed by atoms with Gasteiger partial charge in [-0.2, -0.15) is 0 Å². The molecule has 202 valence electrons. The molecule has 0 heterocycles. The zero-order valence-electron chi connectivity index (χ0n) is 21.3. The van der Waals surface area contributed by atoms with Crippen LogP contribution in [0.25, 0.3) is 0 Å². The van der Waals surface area contributed by atoms with Crippen molar-refractivity contribution >= 4 is 55.1 Å². The van der Waals surface area contributed by atoms with Crippen molar-refractivity contribution in [1.29, 1.82) is 0 Å². The van der Waals surface area contributed by atoms with Crippen LogP contribution in [0.4, 0.5) is 5.69 Å². The summed E-state index contributed by atoms with van der Waals surface area (Å²) in [6, 6.07) is 22.3. The van der Waals surface area contributed by atoms with Crippen LogP contribution in [0.5, 0.6) is 0 Å². The van der Waals surface area contributed by atoms with Crippen LogP contribution in [0.2, 0.25) is 5.02 Å². The van der Waals surface area contributed by atoms with Gasteiger partial charge >= 0.3 is 0 Å². The summed E-state index contributed by atoms with van der Waals surface area (Å²) >= 11 is 9.81. The zero-order chi connectivity index (χ0) is 27.7. The van der Waals surface area contributed by atoms with Gasteiger partial charge in [0.2, 0.25) is 21.8 Å². The van der Waals surface area contributed by atoms with E-state index in [0.717, 1.165) is 22.5 Å². The predicted octanol–water partition coefficient (Wildman–Crippen LogP) is 5.03. The fraction of sp³-hybridized carbons (Fsp3) is 0.286. The molecule has 1 N–H and O–H groups in total. The third-order valence-corrected chi connectivity index (χ3v) is 7.90. The van der Waals surface area contributed by atoms with Gasteiger partial charge in [-0.15, -0.1) is 0 Å². The van der Waals surface area contributed by atoms with Crippen LogP contribution in [0, 0.1) is 0 Å². The highest BCUT2D eigenvalue weighted by Gasteiger charge is 2.33. The lowest BCUT2D eigenvalue weighted by atomic mass is 10.0. The minimum Gasteiger partial charge on any atom is -0.354 e. The maximum absolute atomic E-state index is 14.0. The van der Waals surface area contributed by atoms with E-state index >= 15 is 0 Å². The molecule has 3 aromatic carbocycles. The second kappa shape index (κ2) is 13.8. The van der Waals surface area contributed by atoms with Crippen molar-refractivity contribution in [2.45, 2.75) is 32.4 Å². The quantitative estimate of drug-likeness (QED) is 0.308. The Labute approximate surface area is 238 Å². The standard InChI is InChI=1S/C28H31BrClN3O4S/c1-3-16-31-28(35)26(17-21-10-5-4-6-11-21)32(19-22-12-7-8-15-25(22)30)27(34)20-33(38(2,36)37)24-14-9-13-23(29)18-24/h4-15,18,26H,3,16-17,19-20H2,1-2H3,(H,31,35). The minimum absolute atomic E-state index is 0.0334. The van der Waals surface area contributed by atoms with Gasteiger partial charge in [0.05, 0.1) is 11.9 Å². The van der Waals surface area contributed by atoms with Crippen molar-refractivity contribution in [1.82, 2.24) is 10.2 Å². The number of halogens is 2. The molecule has 0 aliphatic carbocycles. The summed E-state index contributed by atoms with van der Waals surface area (Å²) < 4.78 is 27.3. The topological polar surface area (TPSA) is 86.8 Å². The molecule has 1 unspecified atom stereocenters. The van der Waals surface area contributed by atoms with E-state index in [2.05, 4.69) is 21.2 Å². The highest BCUT2D eigenvalue weighted by atomic mass is 79.9. The van der Waals surface area contributed by atoms with E-state index in [1.165, 1.54) is 4.90 Å². The van der Waals surface area contributed by atoms with Crippen molar-refractivity contribution in [3.63, 3.8) is 0 Å². The summed E-state index contributed by atoms with van der Waals surface area (Å²) in [5.41, 5.74) is 1.85. The SMILES string of the molecule is CCCNC(=O)C(Cc1ccccc1)N(Cc1ccccc1Cl)C(=O)CN(c1cccc(Br)c1)S(C)(=O)=O. The van der Waals surface area contributed by atoms with E-state index in [0.29, 0.717) is 27.3 Å². The Balaban J connectivity index is 2.05. The normalized spacial score (nSPS) is 12.0. The first-order valence-corrected chi connectivity index (χ1v) is 15.2. The van der Waals surface area contributed by atoms with Crippen molar-refractivity contribution < 1.29 is 18.0 Å². The van der Waals surface area contributed by atoms with Gasteiger partial charge in [0, 0.05) is 29.0 Å². The van der Waals surface area contributed by atoms with Gasteiger partial charge in [-0.3, -0.25) is 13.9 Å². The van der Waals surface area contributed by atoms with Crippen molar-refractivity contribution in [3.05, 3.63) is 99.5 Å². The zero-order valence-corrected chi connectivity index (χ0v) is 24.5. The molecular weight excluding hydrogens is 590 g/mol. The van der Waals surface area contributed by atoms with Crippen molar-refractivity contribution in [3.8, 4) is 0 Å². The van der Waals surface area contributed by atoms with E-state index in [1.54, 1.807) is 48.5 Å². The van der Waals surface area contributed by atoms with Gasteiger partial charge in [0.25, 0.3) is 0 Å². The Morgan fingerprint density at radius 3 is 2.32 bits per heavy atom. The molecule has 38 heavy (non-hydrogen) atoms. The molecule has 1 atom stereocenters. The van der Waals surface area contributed by atoms with E-state index in [9.17, 15) is 18.0 Å². The molecule has 0 aromatic heterocycles. The Bertz CT molecular complexity index is 1350. The van der Waals surface area contributed by atoms with Crippen LogP contribution >= 0.6 is 27.5 Å². The maximum Gasteiger partial charge on any atom is 0.244 e. The number of anilines is 1. The van der Waals surface area contributed by atoms with Gasteiger partial charge in [0.15, 0.2) is 0 Å². The highest BCUT2D eigenvalue weighted by Crippen LogP contribution is 2.24. The van der Waals surface area contributed by atoms with Crippen molar-refractivity contribution in [2.75, 3.05) is 23.7 Å². The number of benzene rings is 3. The predicted molar refractivity (Wildman–Crippen MR) is 156 cm³/mol. The Kier molecular flexibility index (Phi) is 10.8. The first-order chi connectivity index (χ1) is 18.1. The van der Waals surface area contributed by atoms with Gasteiger partial charge in [-0.05, 0) is 41.8 Å². The molecule has 0 bridgehead atoms. The second-order valence-corrected chi connectivity index (χ2v) is 12.1. The van der Waals surface area contributed by atoms with Crippen LogP contribution in [-0.2, 0) is 32.6 Å². The molecule has 0 aliphatic rings. The van der Waals surface area contributed by atoms with Gasteiger partial charge < -0.3 is 10.2 Å². The van der Waals surface area contributed by atoms with Crippen LogP contribution < -0.4 is 9.62 Å². The summed E-state index contributed by atoms with van der Waals surface area (Å²) in [6.45, 7) is 1.95. The third-order valence-electron chi connectivity index (χ3n) is 5.89. The molecule has 0 spiro atoms. The fourth-order valence-corrected chi connectivity index (χ4v) is 5.40. The monoisotopic (exact) mass is 619 g/mol. The van der Waals surface area contributed by atoms with Crippen LogP contribution in [0.1, 0.15) is 24.5 Å². The van der Waals surface area contributed by atoms with Gasteiger partial charge in [-0.25, -0.2) is 8.42 Å². The van der Waals surface area contributed by atoms with Crippen LogP contribution in [0.3, 0.4) is 0 Å². The first-order valence-electron chi connectivity index (χ1n) is 12.2. The summed E-state index contributed by atoms with van der Waals surface area (Å²) in [6.07, 6.45) is 2.03. The maximum atomic E-state index is 14.0. The number of nitrogens with zero attached hydrogens (tertiary/aromatic N) is 2. The second-order valence-electron chi connectivity index (χ2n) is 8.86. The fourth-order valence-electron chi connectivity index (χ4n) is 3.98. The number of hydrogen-bond donors (Lipinski definition) is 1. The summed E-state index contributed by atoms with van der Waals surface area (Å²) in [4.78, 5) is 28.8. The Morgan fingerprint density at radius 1 is 1.00 bits per heavy atom. The van der Waals surface area contributed by atoms with E-state index in [-0.39, 0.29) is 18.9 Å². The van der Waals surface area contributed by atoms with Crippen LogP contribution in [-0.4, -0.2) is 50.5 Å². The van der Waals surface area contributed by atoms with E-state index in [4.69, 9.17) is 11.6 Å². The number of sulfonamides is 1. The molecule has 3 aromatic rings. The largest absolute Gasteiger partial charge is 0.354 e. The molecule has 0 radical (unpaired) electrons. The summed E-state index contributed by atoms with van der Waals surface area (Å²) in [5.74, 6) is -0.840. The van der Waals surface area contributed by atoms with Crippen LogP contribution in [0.15, 0.2) is 83.3 Å². The number of hydrogen-bond acceptors (Lipinski definition) is 4. The lowest BCUT2D eigenvalue weighted by molar-refractivity contribution is -0.140. The Hall–Kier alpha value is -2.88. The molecule has 2 amide bonds. The molecule has 7 nitrogen and oxygen atoms in total. The van der Waals surface area contributed by atoms with E-state index < -0.39 is 28.5 Å². The third kappa shape index (κ3) is 8.31. The van der Waals surface area contributed by atoms with Crippen molar-refractivity contribution in [2.24, 2.45) is 0 Å². The average Bonchev–Trinajstić information content (AvgIpc) is 2.88. The summed E-state index contributed by atoms with van der Waals surface area (Å²) in [7, 11) is -3.82. The minimum atomic E-state index is -3.82. The molecule has 0 saturated carbocycles. The number of nitrogens with one attached hydrogen (secondary N) is 1. The smallest absolute Gasteiger partial charge is 0.244 e. The molecule has 0 saturated heterocycles. The van der Waals surface area contributed by atoms with Gasteiger partial charge in [0.1, 0.15) is 12.6 Å². The lowest BCUT2D eigenvalue weighted by Crippen LogP contribution is -2.53. The highest BCUT2D eigenvalue weighted by molar-refractivity contribution is 9.10. The molecule has 10 heteroatoms. The average molecular weight is 621 g/mol. The number of carbonyl (C=O) groups excluding carboxylic acids is 2. The number of rotatable bonds is 12. The molecule has 0 aliphatic heterocycles. The Morgan fingerprint density at radius 2 is 1.68 bits per heavy atom.